The molecule has 0 aliphatic rings. The Bertz CT molecular complexity index is 770. The maximum absolute atomic E-state index is 13.3. The van der Waals surface area contributed by atoms with Crippen LogP contribution in [0.1, 0.15) is 36.8 Å². The third-order valence-corrected chi connectivity index (χ3v) is 3.24. The first-order valence-electron chi connectivity index (χ1n) is 7.06. The summed E-state index contributed by atoms with van der Waals surface area (Å²) in [5, 5.41) is 0. The van der Waals surface area contributed by atoms with Crippen LogP contribution in [0.5, 0.6) is 5.75 Å². The van der Waals surface area contributed by atoms with Gasteiger partial charge in [-0.05, 0) is 30.7 Å². The van der Waals surface area contributed by atoms with Crippen molar-refractivity contribution in [3.8, 4) is 29.5 Å². The molecule has 0 N–H and O–H groups in total. The third kappa shape index (κ3) is 3.59. The molecule has 120 valence electrons. The number of hydrogen-bond donors (Lipinski definition) is 0. The average Bonchev–Trinajstić information content (AvgIpc) is 2.94. The van der Waals surface area contributed by atoms with Crippen molar-refractivity contribution in [1.82, 2.24) is 4.98 Å². The van der Waals surface area contributed by atoms with Gasteiger partial charge in [-0.2, -0.15) is 8.78 Å². The van der Waals surface area contributed by atoms with Gasteiger partial charge in [0, 0.05) is 17.4 Å². The van der Waals surface area contributed by atoms with Crippen molar-refractivity contribution in [3.63, 3.8) is 0 Å². The zero-order chi connectivity index (χ0) is 17.2. The number of benzene rings is 1. The molecule has 0 atom stereocenters. The van der Waals surface area contributed by atoms with Crippen molar-refractivity contribution in [3.05, 3.63) is 41.8 Å². The van der Waals surface area contributed by atoms with Crippen molar-refractivity contribution in [2.75, 3.05) is 0 Å². The maximum Gasteiger partial charge on any atom is 0.468 e. The van der Waals surface area contributed by atoms with Crippen LogP contribution in [0.3, 0.4) is 0 Å². The highest BCUT2D eigenvalue weighted by atomic mass is 19.3. The minimum atomic E-state index is -3.67. The lowest BCUT2D eigenvalue weighted by molar-refractivity contribution is -0.122. The van der Waals surface area contributed by atoms with E-state index < -0.39 is 6.11 Å². The molecule has 2 rings (SSSR count). The summed E-state index contributed by atoms with van der Waals surface area (Å²) in [6.45, 7) is 9.29. The van der Waals surface area contributed by atoms with E-state index >= 15 is 0 Å². The lowest BCUT2D eigenvalue weighted by atomic mass is 10.1. The number of alkyl halides is 2. The van der Waals surface area contributed by atoms with Gasteiger partial charge in [0.05, 0.1) is 0 Å². The molecule has 23 heavy (non-hydrogen) atoms. The number of nitrogens with zero attached hydrogens (tertiary/aromatic N) is 1. The van der Waals surface area contributed by atoms with Crippen molar-refractivity contribution in [2.45, 2.75) is 32.8 Å². The summed E-state index contributed by atoms with van der Waals surface area (Å²) in [7, 11) is 0. The van der Waals surface area contributed by atoms with Gasteiger partial charge < -0.3 is 9.15 Å². The van der Waals surface area contributed by atoms with Crippen LogP contribution in [0, 0.1) is 19.3 Å². The zero-order valence-electron chi connectivity index (χ0n) is 13.2. The summed E-state index contributed by atoms with van der Waals surface area (Å²) in [5.41, 5.74) is 1.68. The molecule has 0 spiro atoms. The number of oxazole rings is 1. The van der Waals surface area contributed by atoms with E-state index in [9.17, 15) is 8.78 Å². The number of terminal acetylenes is 1. The van der Waals surface area contributed by atoms with Gasteiger partial charge in [0.25, 0.3) is 0 Å². The van der Waals surface area contributed by atoms with Crippen LogP contribution in [0.25, 0.3) is 17.5 Å². The lowest BCUT2D eigenvalue weighted by Crippen LogP contribution is -2.22. The summed E-state index contributed by atoms with van der Waals surface area (Å²) < 4.78 is 36.9. The first kappa shape index (κ1) is 16.8. The van der Waals surface area contributed by atoms with E-state index in [1.807, 2.05) is 13.8 Å². The van der Waals surface area contributed by atoms with Crippen molar-refractivity contribution >= 4 is 6.08 Å². The third-order valence-electron chi connectivity index (χ3n) is 3.24. The fraction of sp³-hybridized carbons (Fsp3) is 0.278. The minimum absolute atomic E-state index is 0.0186. The topological polar surface area (TPSA) is 35.3 Å². The number of hydrogen-bond acceptors (Lipinski definition) is 3. The van der Waals surface area contributed by atoms with Gasteiger partial charge in [-0.1, -0.05) is 26.5 Å². The van der Waals surface area contributed by atoms with Crippen LogP contribution < -0.4 is 4.74 Å². The Morgan fingerprint density at radius 1 is 1.43 bits per heavy atom. The molecular formula is C18H17F2NO2. The van der Waals surface area contributed by atoms with E-state index in [0.29, 0.717) is 28.5 Å². The Morgan fingerprint density at radius 3 is 2.65 bits per heavy atom. The highest BCUT2D eigenvalue weighted by molar-refractivity contribution is 5.60. The van der Waals surface area contributed by atoms with Crippen LogP contribution in [0.2, 0.25) is 0 Å². The summed E-state index contributed by atoms with van der Waals surface area (Å²) in [4.78, 5) is 4.34. The van der Waals surface area contributed by atoms with Gasteiger partial charge in [-0.3, -0.25) is 0 Å². The Balaban J connectivity index is 2.46. The standard InChI is InChI=1S/C18H17F2NO2/c1-6-14-16(11(3)4)22-17(21-14)13-9-8-12(5)15(10-13)23-18(19,20)7-2/h2,6,8-11H,1H2,3-5H3. The molecule has 3 nitrogen and oxygen atoms in total. The normalized spacial score (nSPS) is 11.3. The molecule has 0 amide bonds. The molecule has 1 heterocycles. The highest BCUT2D eigenvalue weighted by Crippen LogP contribution is 2.32. The highest BCUT2D eigenvalue weighted by Gasteiger charge is 2.29. The molecule has 2 aromatic rings. The Morgan fingerprint density at radius 2 is 2.13 bits per heavy atom. The summed E-state index contributed by atoms with van der Waals surface area (Å²) in [6, 6.07) is 4.80. The first-order valence-corrected chi connectivity index (χ1v) is 7.06. The van der Waals surface area contributed by atoms with Gasteiger partial charge in [0.15, 0.2) is 0 Å². The fourth-order valence-electron chi connectivity index (χ4n) is 2.04. The van der Waals surface area contributed by atoms with Gasteiger partial charge in [-0.15, -0.1) is 6.42 Å². The molecule has 5 heteroatoms. The van der Waals surface area contributed by atoms with Crippen molar-refractivity contribution < 1.29 is 17.9 Å². The van der Waals surface area contributed by atoms with Crippen LogP contribution in [0.15, 0.2) is 29.2 Å². The number of rotatable bonds is 5. The molecule has 1 aromatic heterocycles. The molecule has 0 radical (unpaired) electrons. The number of ether oxygens (including phenoxy) is 1. The second kappa shape index (κ2) is 6.25. The van der Waals surface area contributed by atoms with E-state index in [0.717, 1.165) is 0 Å². The first-order chi connectivity index (χ1) is 10.8. The molecule has 0 aliphatic carbocycles. The molecule has 1 aromatic carbocycles. The van der Waals surface area contributed by atoms with E-state index in [1.165, 1.54) is 12.0 Å². The summed E-state index contributed by atoms with van der Waals surface area (Å²) >= 11 is 0. The molecule has 0 saturated carbocycles. The molecule has 0 bridgehead atoms. The van der Waals surface area contributed by atoms with Crippen molar-refractivity contribution in [2.24, 2.45) is 0 Å². The Kier molecular flexibility index (Phi) is 4.55. The molecule has 0 aliphatic heterocycles. The summed E-state index contributed by atoms with van der Waals surface area (Å²) in [5.74, 6) is 2.41. The average molecular weight is 317 g/mol. The number of aromatic nitrogens is 1. The van der Waals surface area contributed by atoms with E-state index in [4.69, 9.17) is 10.8 Å². The maximum atomic E-state index is 13.3. The van der Waals surface area contributed by atoms with Crippen LogP contribution >= 0.6 is 0 Å². The van der Waals surface area contributed by atoms with Gasteiger partial charge in [0.1, 0.15) is 17.2 Å². The quantitative estimate of drug-likeness (QED) is 0.726. The van der Waals surface area contributed by atoms with E-state index in [2.05, 4.69) is 16.3 Å². The second-order valence-corrected chi connectivity index (χ2v) is 5.37. The summed E-state index contributed by atoms with van der Waals surface area (Å²) in [6.07, 6.45) is 2.69. The van der Waals surface area contributed by atoms with E-state index in [1.54, 1.807) is 25.1 Å². The smallest absolute Gasteiger partial charge is 0.440 e. The van der Waals surface area contributed by atoms with Gasteiger partial charge in [-0.25, -0.2) is 4.98 Å². The number of halogens is 2. The van der Waals surface area contributed by atoms with Crippen molar-refractivity contribution in [1.29, 1.82) is 0 Å². The van der Waals surface area contributed by atoms with Gasteiger partial charge >= 0.3 is 6.11 Å². The Hall–Kier alpha value is -2.61. The molecule has 0 saturated heterocycles. The SMILES string of the molecule is C#CC(F)(F)Oc1cc(-c2nc(C=C)c(C(C)C)o2)ccc1C. The minimum Gasteiger partial charge on any atom is -0.440 e. The fourth-order valence-corrected chi connectivity index (χ4v) is 2.04. The zero-order valence-corrected chi connectivity index (χ0v) is 13.2. The van der Waals surface area contributed by atoms with Crippen LogP contribution in [-0.4, -0.2) is 11.1 Å². The van der Waals surface area contributed by atoms with Crippen LogP contribution in [0.4, 0.5) is 8.78 Å². The molecule has 0 unspecified atom stereocenters. The van der Waals surface area contributed by atoms with Gasteiger partial charge in [0.2, 0.25) is 5.89 Å². The predicted octanol–water partition coefficient (Wildman–Crippen LogP) is 5.02. The van der Waals surface area contributed by atoms with E-state index in [-0.39, 0.29) is 11.7 Å². The largest absolute Gasteiger partial charge is 0.468 e. The second-order valence-electron chi connectivity index (χ2n) is 5.37. The Labute approximate surface area is 134 Å². The number of aryl methyl sites for hydroxylation is 1. The lowest BCUT2D eigenvalue weighted by Gasteiger charge is -2.14. The molecular weight excluding hydrogens is 300 g/mol. The van der Waals surface area contributed by atoms with Crippen LogP contribution in [-0.2, 0) is 0 Å². The molecule has 0 fully saturated rings. The monoisotopic (exact) mass is 317 g/mol. The predicted molar refractivity (Wildman–Crippen MR) is 85.3 cm³/mol.